The third-order valence-corrected chi connectivity index (χ3v) is 3.93. The van der Waals surface area contributed by atoms with Gasteiger partial charge >= 0.3 is 0 Å². The molecule has 2 fully saturated rings. The average molecular weight is 217 g/mol. The highest BCUT2D eigenvalue weighted by atomic mass is 16.3. The Hall–Kier alpha value is -0.860. The maximum atomic E-state index is 9.76. The van der Waals surface area contributed by atoms with Gasteiger partial charge in [0.2, 0.25) is 0 Å². The molecule has 2 aliphatic rings. The highest BCUT2D eigenvalue weighted by Gasteiger charge is 2.41. The minimum atomic E-state index is -0.114. The first kappa shape index (κ1) is 10.3. The van der Waals surface area contributed by atoms with Crippen LogP contribution in [0, 0.1) is 0 Å². The van der Waals surface area contributed by atoms with Crippen LogP contribution in [0.1, 0.15) is 37.2 Å². The molecule has 1 aromatic rings. The van der Waals surface area contributed by atoms with Gasteiger partial charge in [-0.15, -0.1) is 0 Å². The van der Waals surface area contributed by atoms with Gasteiger partial charge in [-0.1, -0.05) is 30.3 Å². The molecule has 0 radical (unpaired) electrons. The minimum Gasteiger partial charge on any atom is -0.392 e. The van der Waals surface area contributed by atoms with E-state index in [-0.39, 0.29) is 6.10 Å². The zero-order valence-corrected chi connectivity index (χ0v) is 9.47. The van der Waals surface area contributed by atoms with Crippen LogP contribution in [-0.2, 0) is 0 Å². The van der Waals surface area contributed by atoms with Gasteiger partial charge < -0.3 is 10.4 Å². The predicted octanol–water partition coefficient (Wildman–Crippen LogP) is 2.05. The number of nitrogens with one attached hydrogen (secondary N) is 1. The summed E-state index contributed by atoms with van der Waals surface area (Å²) in [6, 6.07) is 11.6. The Kier molecular flexibility index (Phi) is 2.70. The molecule has 16 heavy (non-hydrogen) atoms. The van der Waals surface area contributed by atoms with Crippen LogP contribution in [0.25, 0.3) is 0 Å². The molecule has 2 saturated carbocycles. The van der Waals surface area contributed by atoms with Gasteiger partial charge in [0.15, 0.2) is 0 Å². The van der Waals surface area contributed by atoms with E-state index in [1.807, 2.05) is 0 Å². The van der Waals surface area contributed by atoms with Crippen LogP contribution in [0.5, 0.6) is 0 Å². The van der Waals surface area contributed by atoms with Crippen molar-refractivity contribution in [2.45, 2.75) is 49.8 Å². The lowest BCUT2D eigenvalue weighted by atomic mass is 10.1. The Labute approximate surface area is 96.7 Å². The summed E-state index contributed by atoms with van der Waals surface area (Å²) in [5, 5.41) is 13.4. The molecule has 0 saturated heterocycles. The molecule has 2 N–H and O–H groups in total. The van der Waals surface area contributed by atoms with Gasteiger partial charge in [-0.25, -0.2) is 0 Å². The van der Waals surface area contributed by atoms with Crippen LogP contribution < -0.4 is 5.32 Å². The van der Waals surface area contributed by atoms with Gasteiger partial charge in [0.05, 0.1) is 6.10 Å². The number of benzene rings is 1. The van der Waals surface area contributed by atoms with Crippen LogP contribution in [-0.4, -0.2) is 23.3 Å². The molecule has 86 valence electrons. The highest BCUT2D eigenvalue weighted by Crippen LogP contribution is 2.41. The standard InChI is InChI=1S/C14H19NO/c16-14-8-4-7-12(14)15-13-9-11(13)10-5-2-1-3-6-10/h1-3,5-6,11-16H,4,7-9H2. The van der Waals surface area contributed by atoms with Gasteiger partial charge in [0.25, 0.3) is 0 Å². The molecule has 2 aliphatic carbocycles. The number of aliphatic hydroxyl groups excluding tert-OH is 1. The Morgan fingerprint density at radius 1 is 1.06 bits per heavy atom. The Balaban J connectivity index is 1.56. The Bertz CT molecular complexity index is 351. The molecule has 0 aromatic heterocycles. The quantitative estimate of drug-likeness (QED) is 0.812. The molecule has 4 unspecified atom stereocenters. The number of hydrogen-bond donors (Lipinski definition) is 2. The summed E-state index contributed by atoms with van der Waals surface area (Å²) in [5.41, 5.74) is 1.44. The first-order valence-electron chi connectivity index (χ1n) is 6.33. The van der Waals surface area contributed by atoms with Crippen molar-refractivity contribution in [1.29, 1.82) is 0 Å². The molecule has 0 amide bonds. The van der Waals surface area contributed by atoms with Crippen LogP contribution >= 0.6 is 0 Å². The van der Waals surface area contributed by atoms with Crippen molar-refractivity contribution in [3.8, 4) is 0 Å². The first-order valence-corrected chi connectivity index (χ1v) is 6.33. The molecule has 0 bridgehead atoms. The summed E-state index contributed by atoms with van der Waals surface area (Å²) in [6.07, 6.45) is 4.39. The van der Waals surface area contributed by atoms with E-state index in [9.17, 15) is 5.11 Å². The molecule has 4 atom stereocenters. The second-order valence-electron chi connectivity index (χ2n) is 5.13. The Morgan fingerprint density at radius 2 is 1.88 bits per heavy atom. The van der Waals surface area contributed by atoms with Crippen molar-refractivity contribution < 1.29 is 5.11 Å². The van der Waals surface area contributed by atoms with Crippen molar-refractivity contribution in [1.82, 2.24) is 5.32 Å². The Morgan fingerprint density at radius 3 is 2.56 bits per heavy atom. The van der Waals surface area contributed by atoms with Crippen LogP contribution in [0.2, 0.25) is 0 Å². The lowest BCUT2D eigenvalue weighted by molar-refractivity contribution is 0.148. The van der Waals surface area contributed by atoms with Gasteiger partial charge in [-0.2, -0.15) is 0 Å². The number of hydrogen-bond acceptors (Lipinski definition) is 2. The summed E-state index contributed by atoms with van der Waals surface area (Å²) in [4.78, 5) is 0. The molecule has 1 aromatic carbocycles. The van der Waals surface area contributed by atoms with E-state index in [4.69, 9.17) is 0 Å². The SMILES string of the molecule is OC1CCCC1NC1CC1c1ccccc1. The topological polar surface area (TPSA) is 32.3 Å². The molecule has 0 heterocycles. The van der Waals surface area contributed by atoms with Crippen molar-refractivity contribution in [2.24, 2.45) is 0 Å². The van der Waals surface area contributed by atoms with Crippen molar-refractivity contribution in [3.63, 3.8) is 0 Å². The van der Waals surface area contributed by atoms with Gasteiger partial charge in [-0.3, -0.25) is 0 Å². The van der Waals surface area contributed by atoms with Crippen molar-refractivity contribution >= 4 is 0 Å². The van der Waals surface area contributed by atoms with Gasteiger partial charge in [0, 0.05) is 18.0 Å². The monoisotopic (exact) mass is 217 g/mol. The zero-order chi connectivity index (χ0) is 11.0. The average Bonchev–Trinajstić information content (AvgIpc) is 2.97. The second kappa shape index (κ2) is 4.19. The third-order valence-electron chi connectivity index (χ3n) is 3.93. The van der Waals surface area contributed by atoms with Crippen molar-refractivity contribution in [3.05, 3.63) is 35.9 Å². The van der Waals surface area contributed by atoms with E-state index in [0.29, 0.717) is 18.0 Å². The van der Waals surface area contributed by atoms with Crippen molar-refractivity contribution in [2.75, 3.05) is 0 Å². The van der Waals surface area contributed by atoms with E-state index in [1.165, 1.54) is 18.4 Å². The fraction of sp³-hybridized carbons (Fsp3) is 0.571. The molecular weight excluding hydrogens is 198 g/mol. The maximum absolute atomic E-state index is 9.76. The summed E-state index contributed by atoms with van der Waals surface area (Å²) in [6.45, 7) is 0. The lowest BCUT2D eigenvalue weighted by Gasteiger charge is -2.16. The van der Waals surface area contributed by atoms with E-state index < -0.39 is 0 Å². The van der Waals surface area contributed by atoms with E-state index in [1.54, 1.807) is 0 Å². The summed E-state index contributed by atoms with van der Waals surface area (Å²) < 4.78 is 0. The van der Waals surface area contributed by atoms with Crippen LogP contribution in [0.15, 0.2) is 30.3 Å². The molecular formula is C14H19NO. The molecule has 2 nitrogen and oxygen atoms in total. The molecule has 2 heteroatoms. The summed E-state index contributed by atoms with van der Waals surface area (Å²) >= 11 is 0. The summed E-state index contributed by atoms with van der Waals surface area (Å²) in [5.74, 6) is 0.675. The fourth-order valence-corrected chi connectivity index (χ4v) is 2.86. The normalized spacial score (nSPS) is 37.6. The number of aliphatic hydroxyl groups is 1. The zero-order valence-electron chi connectivity index (χ0n) is 9.47. The first-order chi connectivity index (χ1) is 7.84. The van der Waals surface area contributed by atoms with Crippen LogP contribution in [0.4, 0.5) is 0 Å². The molecule has 3 rings (SSSR count). The third kappa shape index (κ3) is 2.00. The van der Waals surface area contributed by atoms with E-state index >= 15 is 0 Å². The minimum absolute atomic E-state index is 0.114. The van der Waals surface area contributed by atoms with Gasteiger partial charge in [-0.05, 0) is 31.2 Å². The highest BCUT2D eigenvalue weighted by molar-refractivity contribution is 5.27. The largest absolute Gasteiger partial charge is 0.392 e. The number of rotatable bonds is 3. The van der Waals surface area contributed by atoms with Gasteiger partial charge in [0.1, 0.15) is 0 Å². The predicted molar refractivity (Wildman–Crippen MR) is 64.4 cm³/mol. The molecule has 0 aliphatic heterocycles. The lowest BCUT2D eigenvalue weighted by Crippen LogP contribution is -2.37. The smallest absolute Gasteiger partial charge is 0.0693 e. The maximum Gasteiger partial charge on any atom is 0.0693 e. The summed E-state index contributed by atoms with van der Waals surface area (Å²) in [7, 11) is 0. The second-order valence-corrected chi connectivity index (χ2v) is 5.13. The van der Waals surface area contributed by atoms with Crippen LogP contribution in [0.3, 0.4) is 0 Å². The molecule has 0 spiro atoms. The van der Waals surface area contributed by atoms with E-state index in [2.05, 4.69) is 35.6 Å². The van der Waals surface area contributed by atoms with E-state index in [0.717, 1.165) is 12.8 Å². The fourth-order valence-electron chi connectivity index (χ4n) is 2.86.